The maximum Gasteiger partial charge on any atom is 0.418 e. The largest absolute Gasteiger partial charge is 0.491 e. The highest BCUT2D eigenvalue weighted by molar-refractivity contribution is 6.05. The number of aryl methyl sites for hydroxylation is 1. The normalized spacial score (nSPS) is 21.9. The first-order chi connectivity index (χ1) is 20.0. The van der Waals surface area contributed by atoms with Crippen molar-refractivity contribution >= 4 is 17.7 Å². The molecule has 1 atom stereocenters. The second kappa shape index (κ2) is 10.9. The van der Waals surface area contributed by atoms with Crippen LogP contribution in [0.4, 0.5) is 17.6 Å². The molecule has 2 saturated heterocycles. The standard InChI is InChI=1S/C30H32F4N4O4/c31-20-12-18(22-16-38(28(41)21(22)14-20)23-5-6-25(39)36-27(23)40)4-2-1-3-9-37-10-7-29(8-11-37)17-42-24-13-19(30(32,33)34)15-35-26(24)29/h12-15,23H,1-11,16-17H2,(H,36,39,40). The molecule has 42 heavy (non-hydrogen) atoms. The molecule has 1 N–H and O–H groups in total. The predicted molar refractivity (Wildman–Crippen MR) is 142 cm³/mol. The molecular weight excluding hydrogens is 556 g/mol. The molecule has 4 aliphatic heterocycles. The summed E-state index contributed by atoms with van der Waals surface area (Å²) >= 11 is 0. The Labute approximate surface area is 240 Å². The topological polar surface area (TPSA) is 91.8 Å². The number of halogens is 4. The van der Waals surface area contributed by atoms with Crippen molar-refractivity contribution in [3.05, 3.63) is 58.2 Å². The minimum atomic E-state index is -4.45. The van der Waals surface area contributed by atoms with Crippen molar-refractivity contribution in [3.63, 3.8) is 0 Å². The van der Waals surface area contributed by atoms with E-state index in [9.17, 15) is 31.9 Å². The van der Waals surface area contributed by atoms with E-state index in [1.807, 2.05) is 0 Å². The maximum atomic E-state index is 14.4. The van der Waals surface area contributed by atoms with Gasteiger partial charge in [0.2, 0.25) is 11.8 Å². The van der Waals surface area contributed by atoms with Gasteiger partial charge >= 0.3 is 6.18 Å². The highest BCUT2D eigenvalue weighted by atomic mass is 19.4. The van der Waals surface area contributed by atoms with E-state index < -0.39 is 29.5 Å². The van der Waals surface area contributed by atoms with Crippen molar-refractivity contribution < 1.29 is 36.7 Å². The number of nitrogens with one attached hydrogen (secondary N) is 1. The average molecular weight is 589 g/mol. The van der Waals surface area contributed by atoms with Crippen molar-refractivity contribution in [1.29, 1.82) is 0 Å². The number of fused-ring (bicyclic) bond motifs is 3. The number of ether oxygens (including phenoxy) is 1. The fraction of sp³-hybridized carbons (Fsp3) is 0.533. The number of alkyl halides is 3. The Hall–Kier alpha value is -3.54. The van der Waals surface area contributed by atoms with Gasteiger partial charge in [-0.3, -0.25) is 24.7 Å². The summed E-state index contributed by atoms with van der Waals surface area (Å²) in [5.41, 5.74) is 1.31. The molecule has 6 rings (SSSR count). The van der Waals surface area contributed by atoms with Crippen LogP contribution in [0.3, 0.4) is 0 Å². The van der Waals surface area contributed by atoms with Gasteiger partial charge in [0.05, 0.1) is 23.3 Å². The van der Waals surface area contributed by atoms with Gasteiger partial charge in [-0.25, -0.2) is 4.39 Å². The third-order valence-corrected chi connectivity index (χ3v) is 9.13. The third kappa shape index (κ3) is 5.36. The second-order valence-corrected chi connectivity index (χ2v) is 11.8. The summed E-state index contributed by atoms with van der Waals surface area (Å²) < 4.78 is 59.3. The van der Waals surface area contributed by atoms with E-state index in [2.05, 4.69) is 15.2 Å². The smallest absolute Gasteiger partial charge is 0.418 e. The number of piperidine rings is 2. The highest BCUT2D eigenvalue weighted by Crippen LogP contribution is 2.46. The summed E-state index contributed by atoms with van der Waals surface area (Å²) in [4.78, 5) is 44.8. The molecule has 1 aromatic carbocycles. The number of rotatable bonds is 7. The van der Waals surface area contributed by atoms with Gasteiger partial charge in [-0.05, 0) is 87.5 Å². The minimum Gasteiger partial charge on any atom is -0.491 e. The summed E-state index contributed by atoms with van der Waals surface area (Å²) in [6.07, 6.45) is 1.68. The van der Waals surface area contributed by atoms with Crippen LogP contribution < -0.4 is 10.1 Å². The van der Waals surface area contributed by atoms with Crippen LogP contribution in [0, 0.1) is 5.82 Å². The Morgan fingerprint density at radius 1 is 1.07 bits per heavy atom. The Balaban J connectivity index is 0.987. The van der Waals surface area contributed by atoms with E-state index in [1.165, 1.54) is 17.0 Å². The number of amides is 3. The number of carbonyl (C=O) groups excluding carboxylic acids is 3. The number of aromatic nitrogens is 1. The zero-order valence-corrected chi connectivity index (χ0v) is 23.1. The lowest BCUT2D eigenvalue weighted by molar-refractivity contribution is -0.138. The van der Waals surface area contributed by atoms with Crippen LogP contribution >= 0.6 is 0 Å². The van der Waals surface area contributed by atoms with E-state index in [4.69, 9.17) is 4.74 Å². The summed E-state index contributed by atoms with van der Waals surface area (Å²) in [7, 11) is 0. The average Bonchev–Trinajstić information content (AvgIpc) is 3.46. The summed E-state index contributed by atoms with van der Waals surface area (Å²) in [5.74, 6) is -1.46. The van der Waals surface area contributed by atoms with Crippen molar-refractivity contribution in [1.82, 2.24) is 20.1 Å². The zero-order chi connectivity index (χ0) is 29.6. The number of hydrogen-bond donors (Lipinski definition) is 1. The fourth-order valence-electron chi connectivity index (χ4n) is 6.73. The van der Waals surface area contributed by atoms with Gasteiger partial charge in [-0.2, -0.15) is 13.2 Å². The number of unbranched alkanes of at least 4 members (excludes halogenated alkanes) is 2. The highest BCUT2D eigenvalue weighted by Gasteiger charge is 2.46. The maximum absolute atomic E-state index is 14.4. The lowest BCUT2D eigenvalue weighted by Gasteiger charge is -2.37. The van der Waals surface area contributed by atoms with E-state index in [0.717, 1.165) is 75.1 Å². The van der Waals surface area contributed by atoms with Gasteiger partial charge in [0.1, 0.15) is 17.6 Å². The molecule has 3 amide bonds. The molecule has 4 aliphatic rings. The van der Waals surface area contributed by atoms with Crippen LogP contribution in [0.15, 0.2) is 24.4 Å². The van der Waals surface area contributed by atoms with Crippen LogP contribution in [0.5, 0.6) is 5.75 Å². The SMILES string of the molecule is O=C1CCC(N2Cc3c(CCCCCN4CCC5(CC4)COc4cc(C(F)(F)F)cnc45)cc(F)cc3C2=O)C(=O)N1. The van der Waals surface area contributed by atoms with Crippen LogP contribution in [0.2, 0.25) is 0 Å². The lowest BCUT2D eigenvalue weighted by Crippen LogP contribution is -2.52. The van der Waals surface area contributed by atoms with E-state index in [-0.39, 0.29) is 42.4 Å². The molecular formula is C30H32F4N4O4. The quantitative estimate of drug-likeness (QED) is 0.297. The number of nitrogens with zero attached hydrogens (tertiary/aromatic N) is 3. The first-order valence-corrected chi connectivity index (χ1v) is 14.4. The Morgan fingerprint density at radius 3 is 2.60 bits per heavy atom. The zero-order valence-electron chi connectivity index (χ0n) is 23.1. The molecule has 8 nitrogen and oxygen atoms in total. The number of benzene rings is 1. The first-order valence-electron chi connectivity index (χ1n) is 14.4. The Kier molecular flexibility index (Phi) is 7.44. The van der Waals surface area contributed by atoms with Crippen LogP contribution in [-0.4, -0.2) is 64.8 Å². The number of hydrogen-bond acceptors (Lipinski definition) is 6. The van der Waals surface area contributed by atoms with Crippen LogP contribution in [0.1, 0.15) is 77.7 Å². The number of carbonyl (C=O) groups is 3. The Bertz CT molecular complexity index is 1420. The van der Waals surface area contributed by atoms with Crippen LogP contribution in [0.25, 0.3) is 0 Å². The first kappa shape index (κ1) is 28.6. The van der Waals surface area contributed by atoms with Gasteiger partial charge in [0.25, 0.3) is 5.91 Å². The second-order valence-electron chi connectivity index (χ2n) is 11.8. The van der Waals surface area contributed by atoms with E-state index >= 15 is 0 Å². The monoisotopic (exact) mass is 588 g/mol. The van der Waals surface area contributed by atoms with Crippen molar-refractivity contribution in [2.24, 2.45) is 0 Å². The molecule has 1 spiro atoms. The van der Waals surface area contributed by atoms with Gasteiger partial charge < -0.3 is 14.5 Å². The Morgan fingerprint density at radius 2 is 1.86 bits per heavy atom. The summed E-state index contributed by atoms with van der Waals surface area (Å²) in [6, 6.07) is 3.02. The van der Waals surface area contributed by atoms with Crippen molar-refractivity contribution in [2.45, 2.75) is 75.5 Å². The molecule has 12 heteroatoms. The van der Waals surface area contributed by atoms with Gasteiger partial charge in [-0.15, -0.1) is 0 Å². The van der Waals surface area contributed by atoms with Crippen molar-refractivity contribution in [2.75, 3.05) is 26.2 Å². The molecule has 224 valence electrons. The molecule has 0 saturated carbocycles. The molecule has 5 heterocycles. The molecule has 0 aliphatic carbocycles. The van der Waals surface area contributed by atoms with Crippen LogP contribution in [-0.2, 0) is 34.1 Å². The fourth-order valence-corrected chi connectivity index (χ4v) is 6.73. The third-order valence-electron chi connectivity index (χ3n) is 9.13. The minimum absolute atomic E-state index is 0.163. The molecule has 1 aromatic heterocycles. The van der Waals surface area contributed by atoms with Gasteiger partial charge in [-0.1, -0.05) is 6.42 Å². The van der Waals surface area contributed by atoms with Crippen molar-refractivity contribution in [3.8, 4) is 5.75 Å². The lowest BCUT2D eigenvalue weighted by atomic mass is 9.77. The number of imide groups is 1. The predicted octanol–water partition coefficient (Wildman–Crippen LogP) is 4.14. The van der Waals surface area contributed by atoms with E-state index in [1.54, 1.807) is 0 Å². The van der Waals surface area contributed by atoms with E-state index in [0.29, 0.717) is 24.3 Å². The molecule has 0 bridgehead atoms. The number of pyridine rings is 1. The van der Waals surface area contributed by atoms with Gasteiger partial charge in [0, 0.05) is 24.7 Å². The summed E-state index contributed by atoms with van der Waals surface area (Å²) in [5, 5.41) is 2.28. The summed E-state index contributed by atoms with van der Waals surface area (Å²) in [6.45, 7) is 3.08. The molecule has 0 radical (unpaired) electrons. The van der Waals surface area contributed by atoms with Gasteiger partial charge in [0.15, 0.2) is 0 Å². The molecule has 2 fully saturated rings. The molecule has 1 unspecified atom stereocenters. The molecule has 2 aromatic rings. The number of likely N-dealkylation sites (tertiary alicyclic amines) is 1.